The van der Waals surface area contributed by atoms with Gasteiger partial charge in [-0.05, 0) is 25.7 Å². The van der Waals surface area contributed by atoms with Crippen LogP contribution >= 0.6 is 0 Å². The van der Waals surface area contributed by atoms with E-state index in [1.54, 1.807) is 7.11 Å². The molecule has 0 aromatic rings. The Hall–Kier alpha value is -0.910. The lowest BCUT2D eigenvalue weighted by Crippen LogP contribution is -2.20. The van der Waals surface area contributed by atoms with Crippen molar-refractivity contribution in [2.45, 2.75) is 25.9 Å². The number of ether oxygens (including phenoxy) is 4. The van der Waals surface area contributed by atoms with Gasteiger partial charge in [-0.25, -0.2) is 0 Å². The second-order valence-electron chi connectivity index (χ2n) is 4.54. The standard InChI is InChI=1S/C14H24O5/c1-4-11-8-12(19-10-17-7-6-16-3)9-13(11)14(15)18-5-2/h4,11-13H,1,5-10H2,2-3H3/t11-,12+,13+/m0/s1. The van der Waals surface area contributed by atoms with Crippen molar-refractivity contribution in [2.24, 2.45) is 11.8 Å². The second-order valence-corrected chi connectivity index (χ2v) is 4.54. The molecular weight excluding hydrogens is 248 g/mol. The van der Waals surface area contributed by atoms with Gasteiger partial charge in [-0.3, -0.25) is 4.79 Å². The van der Waals surface area contributed by atoms with Crippen molar-refractivity contribution >= 4 is 5.97 Å². The van der Waals surface area contributed by atoms with Gasteiger partial charge in [0.15, 0.2) is 0 Å². The first kappa shape index (κ1) is 16.1. The molecule has 0 N–H and O–H groups in total. The third-order valence-corrected chi connectivity index (χ3v) is 3.28. The highest BCUT2D eigenvalue weighted by Gasteiger charge is 2.38. The molecule has 0 aliphatic heterocycles. The van der Waals surface area contributed by atoms with Crippen molar-refractivity contribution in [2.75, 3.05) is 33.7 Å². The van der Waals surface area contributed by atoms with Crippen LogP contribution in [0.15, 0.2) is 12.7 Å². The minimum absolute atomic E-state index is 0.0277. The van der Waals surface area contributed by atoms with Crippen LogP contribution in [0.3, 0.4) is 0 Å². The average Bonchev–Trinajstić information content (AvgIpc) is 2.82. The highest BCUT2D eigenvalue weighted by Crippen LogP contribution is 2.35. The van der Waals surface area contributed by atoms with Crippen LogP contribution in [-0.2, 0) is 23.7 Å². The van der Waals surface area contributed by atoms with Gasteiger partial charge in [0.05, 0.1) is 31.8 Å². The highest BCUT2D eigenvalue weighted by atomic mass is 16.7. The molecule has 0 saturated heterocycles. The molecule has 1 rings (SSSR count). The quantitative estimate of drug-likeness (QED) is 0.277. The summed E-state index contributed by atoms with van der Waals surface area (Å²) in [5.74, 6) is -0.164. The van der Waals surface area contributed by atoms with Crippen LogP contribution in [0.2, 0.25) is 0 Å². The first-order chi connectivity index (χ1) is 9.22. The number of rotatable bonds is 9. The number of carbonyl (C=O) groups is 1. The number of allylic oxidation sites excluding steroid dienone is 1. The van der Waals surface area contributed by atoms with Gasteiger partial charge in [0.2, 0.25) is 0 Å². The summed E-state index contributed by atoms with van der Waals surface area (Å²) in [6, 6.07) is 0. The molecule has 0 aromatic heterocycles. The van der Waals surface area contributed by atoms with Gasteiger partial charge in [-0.15, -0.1) is 6.58 Å². The van der Waals surface area contributed by atoms with E-state index in [1.165, 1.54) is 0 Å². The van der Waals surface area contributed by atoms with E-state index >= 15 is 0 Å². The molecule has 0 aromatic carbocycles. The summed E-state index contributed by atoms with van der Waals surface area (Å²) in [6.07, 6.45) is 3.31. The first-order valence-electron chi connectivity index (χ1n) is 6.70. The van der Waals surface area contributed by atoms with E-state index in [2.05, 4.69) is 6.58 Å². The van der Waals surface area contributed by atoms with E-state index in [4.69, 9.17) is 18.9 Å². The third kappa shape index (κ3) is 5.30. The first-order valence-corrected chi connectivity index (χ1v) is 6.70. The molecule has 0 unspecified atom stereocenters. The van der Waals surface area contributed by atoms with Crippen LogP contribution in [0.25, 0.3) is 0 Å². The molecule has 5 heteroatoms. The SMILES string of the molecule is C=C[C@H]1C[C@@H](OCOCCOC)C[C@H]1C(=O)OCC. The second kappa shape index (κ2) is 9.07. The molecule has 0 spiro atoms. The van der Waals surface area contributed by atoms with Crippen LogP contribution < -0.4 is 0 Å². The van der Waals surface area contributed by atoms with E-state index in [-0.39, 0.29) is 30.7 Å². The Balaban J connectivity index is 2.30. The molecule has 1 saturated carbocycles. The lowest BCUT2D eigenvalue weighted by atomic mass is 9.97. The van der Waals surface area contributed by atoms with Crippen molar-refractivity contribution in [3.8, 4) is 0 Å². The molecule has 110 valence electrons. The fourth-order valence-electron chi connectivity index (χ4n) is 2.28. The number of hydrogen-bond acceptors (Lipinski definition) is 5. The van der Waals surface area contributed by atoms with Crippen molar-refractivity contribution < 1.29 is 23.7 Å². The Labute approximate surface area is 114 Å². The van der Waals surface area contributed by atoms with Crippen LogP contribution in [-0.4, -0.2) is 45.8 Å². The minimum Gasteiger partial charge on any atom is -0.466 e. The maximum absolute atomic E-state index is 11.8. The summed E-state index contributed by atoms with van der Waals surface area (Å²) >= 11 is 0. The molecule has 0 heterocycles. The van der Waals surface area contributed by atoms with Gasteiger partial charge in [0.25, 0.3) is 0 Å². The molecule has 19 heavy (non-hydrogen) atoms. The molecule has 1 aliphatic rings. The zero-order valence-corrected chi connectivity index (χ0v) is 11.8. The summed E-state index contributed by atoms with van der Waals surface area (Å²) in [4.78, 5) is 11.8. The third-order valence-electron chi connectivity index (χ3n) is 3.28. The Morgan fingerprint density at radius 3 is 2.79 bits per heavy atom. The van der Waals surface area contributed by atoms with Crippen molar-refractivity contribution in [1.29, 1.82) is 0 Å². The molecule has 0 bridgehead atoms. The van der Waals surface area contributed by atoms with Crippen molar-refractivity contribution in [3.63, 3.8) is 0 Å². The summed E-state index contributed by atoms with van der Waals surface area (Å²) in [6.45, 7) is 7.29. The lowest BCUT2D eigenvalue weighted by molar-refractivity contribution is -0.149. The van der Waals surface area contributed by atoms with Crippen LogP contribution in [0.1, 0.15) is 19.8 Å². The van der Waals surface area contributed by atoms with Gasteiger partial charge < -0.3 is 18.9 Å². The largest absolute Gasteiger partial charge is 0.466 e. The van der Waals surface area contributed by atoms with Gasteiger partial charge in [0.1, 0.15) is 6.79 Å². The Kier molecular flexibility index (Phi) is 7.70. The summed E-state index contributed by atoms with van der Waals surface area (Å²) < 4.78 is 20.8. The van der Waals surface area contributed by atoms with Crippen molar-refractivity contribution in [1.82, 2.24) is 0 Å². The van der Waals surface area contributed by atoms with E-state index in [1.807, 2.05) is 13.0 Å². The van der Waals surface area contributed by atoms with Crippen LogP contribution in [0.4, 0.5) is 0 Å². The van der Waals surface area contributed by atoms with E-state index in [0.29, 0.717) is 26.2 Å². The molecule has 1 fully saturated rings. The van der Waals surface area contributed by atoms with E-state index in [9.17, 15) is 4.79 Å². The Morgan fingerprint density at radius 2 is 2.16 bits per heavy atom. The normalized spacial score (nSPS) is 26.3. The van der Waals surface area contributed by atoms with Gasteiger partial charge in [-0.1, -0.05) is 6.08 Å². The number of methoxy groups -OCH3 is 1. The minimum atomic E-state index is -0.154. The summed E-state index contributed by atoms with van der Waals surface area (Å²) in [5.41, 5.74) is 0. The summed E-state index contributed by atoms with van der Waals surface area (Å²) in [5, 5.41) is 0. The summed E-state index contributed by atoms with van der Waals surface area (Å²) in [7, 11) is 1.62. The number of hydrogen-bond donors (Lipinski definition) is 0. The van der Waals surface area contributed by atoms with E-state index < -0.39 is 0 Å². The molecule has 1 aliphatic carbocycles. The highest BCUT2D eigenvalue weighted by molar-refractivity contribution is 5.73. The smallest absolute Gasteiger partial charge is 0.309 e. The predicted molar refractivity (Wildman–Crippen MR) is 70.6 cm³/mol. The lowest BCUT2D eigenvalue weighted by Gasteiger charge is -2.13. The topological polar surface area (TPSA) is 54.0 Å². The average molecular weight is 272 g/mol. The monoisotopic (exact) mass is 272 g/mol. The molecular formula is C14H24O5. The fraction of sp³-hybridized carbons (Fsp3) is 0.786. The predicted octanol–water partition coefficient (Wildman–Crippen LogP) is 1.77. The van der Waals surface area contributed by atoms with Crippen LogP contribution in [0.5, 0.6) is 0 Å². The molecule has 0 amide bonds. The fourth-order valence-corrected chi connectivity index (χ4v) is 2.28. The Bertz CT molecular complexity index is 279. The van der Waals surface area contributed by atoms with Crippen molar-refractivity contribution in [3.05, 3.63) is 12.7 Å². The zero-order chi connectivity index (χ0) is 14.1. The Morgan fingerprint density at radius 1 is 1.37 bits per heavy atom. The van der Waals surface area contributed by atoms with Crippen LogP contribution in [0, 0.1) is 11.8 Å². The molecule has 3 atom stereocenters. The molecule has 0 radical (unpaired) electrons. The van der Waals surface area contributed by atoms with Gasteiger partial charge in [0, 0.05) is 7.11 Å². The number of esters is 1. The van der Waals surface area contributed by atoms with Gasteiger partial charge >= 0.3 is 5.97 Å². The maximum atomic E-state index is 11.8. The van der Waals surface area contributed by atoms with Gasteiger partial charge in [-0.2, -0.15) is 0 Å². The number of carbonyl (C=O) groups excluding carboxylic acids is 1. The zero-order valence-electron chi connectivity index (χ0n) is 11.8. The molecule has 5 nitrogen and oxygen atoms in total. The maximum Gasteiger partial charge on any atom is 0.309 e. The van der Waals surface area contributed by atoms with E-state index in [0.717, 1.165) is 6.42 Å².